The molecule has 0 saturated heterocycles. The molecular formula is C18H30ClN3O3SSi. The van der Waals surface area contributed by atoms with Crippen molar-refractivity contribution in [1.29, 1.82) is 0 Å². The predicted molar refractivity (Wildman–Crippen MR) is 113 cm³/mol. The minimum absolute atomic E-state index is 0.109. The lowest BCUT2D eigenvalue weighted by molar-refractivity contribution is -0.128. The first-order valence-corrected chi connectivity index (χ1v) is 13.5. The van der Waals surface area contributed by atoms with Gasteiger partial charge in [0.25, 0.3) is 6.47 Å². The third-order valence-corrected chi connectivity index (χ3v) is 11.1. The molecule has 0 atom stereocenters. The van der Waals surface area contributed by atoms with Crippen molar-refractivity contribution in [3.8, 4) is 0 Å². The molecule has 27 heavy (non-hydrogen) atoms. The quantitative estimate of drug-likeness (QED) is 0.188. The van der Waals surface area contributed by atoms with E-state index in [4.69, 9.17) is 20.8 Å². The summed E-state index contributed by atoms with van der Waals surface area (Å²) < 4.78 is 11.2. The molecule has 0 amide bonds. The van der Waals surface area contributed by atoms with Crippen LogP contribution in [-0.4, -0.2) is 49.3 Å². The topological polar surface area (TPSA) is 73.3 Å². The first-order valence-electron chi connectivity index (χ1n) is 9.21. The van der Waals surface area contributed by atoms with Crippen LogP contribution in [0.5, 0.6) is 0 Å². The molecule has 1 N–H and O–H groups in total. The summed E-state index contributed by atoms with van der Waals surface area (Å²) in [4.78, 5) is 19.7. The van der Waals surface area contributed by atoms with Crippen LogP contribution >= 0.6 is 23.4 Å². The van der Waals surface area contributed by atoms with Crippen LogP contribution in [0, 0.1) is 0 Å². The number of ether oxygens (including phenoxy) is 1. The second kappa shape index (κ2) is 9.11. The van der Waals surface area contributed by atoms with Crippen LogP contribution in [0.2, 0.25) is 23.4 Å². The number of hydrogen-bond donors (Lipinski definition) is 1. The minimum Gasteiger partial charge on any atom is -0.467 e. The average Bonchev–Trinajstić information content (AvgIpc) is 2.54. The Balaban J connectivity index is 2.08. The van der Waals surface area contributed by atoms with E-state index < -0.39 is 8.32 Å². The maximum Gasteiger partial charge on any atom is 0.293 e. The summed E-state index contributed by atoms with van der Waals surface area (Å²) in [6.45, 7) is 12.8. The molecule has 1 heterocycles. The van der Waals surface area contributed by atoms with Crippen molar-refractivity contribution in [2.45, 2.75) is 68.6 Å². The molecule has 1 aromatic rings. The Labute approximate surface area is 172 Å². The van der Waals surface area contributed by atoms with Gasteiger partial charge in [0.15, 0.2) is 8.32 Å². The van der Waals surface area contributed by atoms with E-state index in [2.05, 4.69) is 49.1 Å². The molecule has 0 spiro atoms. The summed E-state index contributed by atoms with van der Waals surface area (Å²) in [7, 11) is -1.82. The number of nitrogens with one attached hydrogen (secondary N) is 1. The maximum atomic E-state index is 10.3. The fourth-order valence-electron chi connectivity index (χ4n) is 2.49. The van der Waals surface area contributed by atoms with E-state index >= 15 is 0 Å². The highest BCUT2D eigenvalue weighted by atomic mass is 35.5. The van der Waals surface area contributed by atoms with Gasteiger partial charge in [-0.3, -0.25) is 4.79 Å². The van der Waals surface area contributed by atoms with Crippen molar-refractivity contribution in [1.82, 2.24) is 9.97 Å². The SMILES string of the molecule is CC(C)(C)[Si](C)(C)OCC1(Nc2nc(Cl)ncc2SCCOC=O)CCC1. The molecule has 1 aromatic heterocycles. The number of carbonyl (C=O) groups excluding carboxylic acids is 1. The van der Waals surface area contributed by atoms with Gasteiger partial charge in [-0.05, 0) is 49.0 Å². The lowest BCUT2D eigenvalue weighted by atomic mass is 9.77. The zero-order chi connectivity index (χ0) is 20.1. The molecule has 152 valence electrons. The summed E-state index contributed by atoms with van der Waals surface area (Å²) in [6.07, 6.45) is 4.97. The third kappa shape index (κ3) is 6.07. The van der Waals surface area contributed by atoms with Crippen molar-refractivity contribution in [2.24, 2.45) is 0 Å². The van der Waals surface area contributed by atoms with E-state index in [1.165, 1.54) is 18.2 Å². The summed E-state index contributed by atoms with van der Waals surface area (Å²) in [5.74, 6) is 1.36. The summed E-state index contributed by atoms with van der Waals surface area (Å²) >= 11 is 7.57. The molecule has 2 rings (SSSR count). The predicted octanol–water partition coefficient (Wildman–Crippen LogP) is 4.75. The molecule has 1 fully saturated rings. The van der Waals surface area contributed by atoms with Gasteiger partial charge in [0.05, 0.1) is 17.0 Å². The molecule has 9 heteroatoms. The van der Waals surface area contributed by atoms with Crippen LogP contribution < -0.4 is 5.32 Å². The van der Waals surface area contributed by atoms with Gasteiger partial charge in [-0.2, -0.15) is 4.98 Å². The van der Waals surface area contributed by atoms with Crippen molar-refractivity contribution >= 4 is 44.0 Å². The summed E-state index contributed by atoms with van der Waals surface area (Å²) in [5.41, 5.74) is -0.109. The smallest absolute Gasteiger partial charge is 0.293 e. The van der Waals surface area contributed by atoms with Crippen LogP contribution in [0.25, 0.3) is 0 Å². The first-order chi connectivity index (χ1) is 12.6. The highest BCUT2D eigenvalue weighted by Gasteiger charge is 2.43. The lowest BCUT2D eigenvalue weighted by Gasteiger charge is -2.46. The molecule has 0 radical (unpaired) electrons. The van der Waals surface area contributed by atoms with Gasteiger partial charge in [-0.1, -0.05) is 20.8 Å². The van der Waals surface area contributed by atoms with E-state index in [-0.39, 0.29) is 15.9 Å². The van der Waals surface area contributed by atoms with E-state index in [1.54, 1.807) is 6.20 Å². The Hall–Kier alpha value is -0.833. The number of thioether (sulfide) groups is 1. The van der Waals surface area contributed by atoms with Crippen molar-refractivity contribution < 1.29 is 14.0 Å². The zero-order valence-electron chi connectivity index (χ0n) is 16.8. The van der Waals surface area contributed by atoms with Crippen molar-refractivity contribution in [3.63, 3.8) is 0 Å². The van der Waals surface area contributed by atoms with Gasteiger partial charge < -0.3 is 14.5 Å². The number of rotatable bonds is 10. The van der Waals surface area contributed by atoms with Gasteiger partial charge in [0.1, 0.15) is 12.4 Å². The lowest BCUT2D eigenvalue weighted by Crippen LogP contribution is -2.53. The van der Waals surface area contributed by atoms with Gasteiger partial charge in [0, 0.05) is 11.9 Å². The maximum absolute atomic E-state index is 10.3. The molecule has 0 bridgehead atoms. The normalized spacial score (nSPS) is 16.5. The van der Waals surface area contributed by atoms with Gasteiger partial charge >= 0.3 is 0 Å². The highest BCUT2D eigenvalue weighted by molar-refractivity contribution is 7.99. The Bertz CT molecular complexity index is 651. The first kappa shape index (κ1) is 22.5. The number of aromatic nitrogens is 2. The average molecular weight is 432 g/mol. The van der Waals surface area contributed by atoms with Crippen molar-refractivity contribution in [2.75, 3.05) is 24.3 Å². The Kier molecular flexibility index (Phi) is 7.58. The van der Waals surface area contributed by atoms with Gasteiger partial charge in [0.2, 0.25) is 5.28 Å². The number of anilines is 1. The van der Waals surface area contributed by atoms with Gasteiger partial charge in [-0.15, -0.1) is 11.8 Å². The molecule has 0 aromatic carbocycles. The monoisotopic (exact) mass is 431 g/mol. The Morgan fingerprint density at radius 2 is 2.11 bits per heavy atom. The van der Waals surface area contributed by atoms with Crippen LogP contribution in [0.4, 0.5) is 5.82 Å². The van der Waals surface area contributed by atoms with E-state index in [0.29, 0.717) is 25.4 Å². The molecule has 1 aliphatic carbocycles. The number of carbonyl (C=O) groups is 1. The standard InChI is InChI=1S/C18H30ClN3O3SSi/c1-17(2,3)27(4,5)25-12-18(7-6-8-18)22-15-14(11-20-16(19)21-15)26-10-9-24-13-23/h11,13H,6-10,12H2,1-5H3,(H,20,21,22). The molecule has 1 aliphatic rings. The summed E-state index contributed by atoms with van der Waals surface area (Å²) in [5, 5.41) is 3.99. The molecule has 0 unspecified atom stereocenters. The zero-order valence-corrected chi connectivity index (χ0v) is 19.4. The van der Waals surface area contributed by atoms with Crippen LogP contribution in [0.1, 0.15) is 40.0 Å². The van der Waals surface area contributed by atoms with E-state index in [1.807, 2.05) is 0 Å². The third-order valence-electron chi connectivity index (χ3n) is 5.46. The Morgan fingerprint density at radius 1 is 1.41 bits per heavy atom. The van der Waals surface area contributed by atoms with Crippen LogP contribution in [0.3, 0.4) is 0 Å². The second-order valence-electron chi connectivity index (χ2n) is 8.48. The number of nitrogens with zero attached hydrogens (tertiary/aromatic N) is 2. The van der Waals surface area contributed by atoms with E-state index in [0.717, 1.165) is 23.6 Å². The second-order valence-corrected chi connectivity index (χ2v) is 14.8. The van der Waals surface area contributed by atoms with Crippen molar-refractivity contribution in [3.05, 3.63) is 11.5 Å². The molecule has 6 nitrogen and oxygen atoms in total. The van der Waals surface area contributed by atoms with Crippen LogP contribution in [-0.2, 0) is 14.0 Å². The fourth-order valence-corrected chi connectivity index (χ4v) is 4.45. The fraction of sp³-hybridized carbons (Fsp3) is 0.722. The number of hydrogen-bond acceptors (Lipinski definition) is 7. The van der Waals surface area contributed by atoms with Gasteiger partial charge in [-0.25, -0.2) is 4.98 Å². The molecular weight excluding hydrogens is 402 g/mol. The largest absolute Gasteiger partial charge is 0.467 e. The highest BCUT2D eigenvalue weighted by Crippen LogP contribution is 2.41. The molecule has 1 saturated carbocycles. The molecule has 0 aliphatic heterocycles. The Morgan fingerprint density at radius 3 is 2.67 bits per heavy atom. The minimum atomic E-state index is -1.82. The summed E-state index contributed by atoms with van der Waals surface area (Å²) in [6, 6.07) is 0. The number of halogens is 1. The van der Waals surface area contributed by atoms with Crippen LogP contribution in [0.15, 0.2) is 11.1 Å². The van der Waals surface area contributed by atoms with E-state index in [9.17, 15) is 4.79 Å².